The molecule has 1 aliphatic heterocycles. The van der Waals surface area contributed by atoms with Gasteiger partial charge in [0.1, 0.15) is 17.3 Å². The second-order valence-electron chi connectivity index (χ2n) is 6.37. The van der Waals surface area contributed by atoms with Gasteiger partial charge in [-0.25, -0.2) is 9.18 Å². The number of hydrogen-bond donors (Lipinski definition) is 0. The van der Waals surface area contributed by atoms with Crippen LogP contribution < -0.4 is 9.47 Å². The number of esters is 1. The first-order valence-electron chi connectivity index (χ1n) is 8.53. The standard InChI is InChI=1S/C22H15FO4S/c1-12-8-9-28-19(12)11-18-20(24)16-6-7-17(13(2)21(16)26-18)27-22(25)14-4-3-5-15(23)10-14/h3-11H,1-2H3/b18-11-. The van der Waals surface area contributed by atoms with Crippen LogP contribution in [0, 0.1) is 19.7 Å². The van der Waals surface area contributed by atoms with E-state index in [-0.39, 0.29) is 22.9 Å². The number of Topliss-reactive ketones (excluding diaryl/α,β-unsaturated/α-hetero) is 1. The molecule has 28 heavy (non-hydrogen) atoms. The molecule has 0 unspecified atom stereocenters. The molecule has 0 amide bonds. The number of rotatable bonds is 3. The summed E-state index contributed by atoms with van der Waals surface area (Å²) in [6.07, 6.45) is 1.72. The zero-order chi connectivity index (χ0) is 19.8. The van der Waals surface area contributed by atoms with Gasteiger partial charge in [-0.15, -0.1) is 11.3 Å². The maximum Gasteiger partial charge on any atom is 0.343 e. The third kappa shape index (κ3) is 3.23. The summed E-state index contributed by atoms with van der Waals surface area (Å²) in [6, 6.07) is 10.4. The van der Waals surface area contributed by atoms with E-state index >= 15 is 0 Å². The minimum Gasteiger partial charge on any atom is -0.452 e. The molecule has 140 valence electrons. The van der Waals surface area contributed by atoms with Crippen LogP contribution in [0.2, 0.25) is 0 Å². The largest absolute Gasteiger partial charge is 0.452 e. The number of ketones is 1. The molecule has 1 aliphatic rings. The molecule has 0 N–H and O–H groups in total. The molecule has 6 heteroatoms. The number of halogens is 1. The van der Waals surface area contributed by atoms with Crippen LogP contribution in [-0.2, 0) is 0 Å². The van der Waals surface area contributed by atoms with Gasteiger partial charge in [-0.1, -0.05) is 6.07 Å². The van der Waals surface area contributed by atoms with E-state index in [1.807, 2.05) is 18.4 Å². The summed E-state index contributed by atoms with van der Waals surface area (Å²) in [5, 5.41) is 1.95. The van der Waals surface area contributed by atoms with Crippen molar-refractivity contribution >= 4 is 29.2 Å². The minimum atomic E-state index is -0.683. The lowest BCUT2D eigenvalue weighted by Crippen LogP contribution is -2.09. The molecule has 0 saturated heterocycles. The normalized spacial score (nSPS) is 14.1. The fraction of sp³-hybridized carbons (Fsp3) is 0.0909. The van der Waals surface area contributed by atoms with E-state index in [0.29, 0.717) is 16.9 Å². The van der Waals surface area contributed by atoms with Crippen LogP contribution in [0.15, 0.2) is 53.6 Å². The number of benzene rings is 2. The average Bonchev–Trinajstić information content (AvgIpc) is 3.22. The van der Waals surface area contributed by atoms with Gasteiger partial charge < -0.3 is 9.47 Å². The van der Waals surface area contributed by atoms with Crippen molar-refractivity contribution in [1.29, 1.82) is 0 Å². The van der Waals surface area contributed by atoms with Gasteiger partial charge in [0.2, 0.25) is 5.78 Å². The Hall–Kier alpha value is -3.25. The van der Waals surface area contributed by atoms with Crippen molar-refractivity contribution in [3.8, 4) is 11.5 Å². The van der Waals surface area contributed by atoms with Gasteiger partial charge in [0.15, 0.2) is 5.76 Å². The molecule has 0 radical (unpaired) electrons. The maximum atomic E-state index is 13.3. The fourth-order valence-electron chi connectivity index (χ4n) is 2.90. The molecular formula is C22H15FO4S. The third-order valence-electron chi connectivity index (χ3n) is 4.46. The van der Waals surface area contributed by atoms with E-state index < -0.39 is 11.8 Å². The van der Waals surface area contributed by atoms with E-state index in [1.165, 1.54) is 29.5 Å². The summed E-state index contributed by atoms with van der Waals surface area (Å²) in [7, 11) is 0. The fourth-order valence-corrected chi connectivity index (χ4v) is 3.75. The maximum absolute atomic E-state index is 13.3. The quantitative estimate of drug-likeness (QED) is 0.342. The number of aryl methyl sites for hydroxylation is 1. The summed E-state index contributed by atoms with van der Waals surface area (Å²) < 4.78 is 24.5. The Bertz CT molecular complexity index is 1140. The van der Waals surface area contributed by atoms with E-state index in [1.54, 1.807) is 25.1 Å². The van der Waals surface area contributed by atoms with Crippen LogP contribution in [-0.4, -0.2) is 11.8 Å². The summed E-state index contributed by atoms with van der Waals surface area (Å²) >= 11 is 1.52. The van der Waals surface area contributed by atoms with Crippen LogP contribution in [0.5, 0.6) is 11.5 Å². The van der Waals surface area contributed by atoms with E-state index in [2.05, 4.69) is 0 Å². The van der Waals surface area contributed by atoms with Crippen molar-refractivity contribution in [2.45, 2.75) is 13.8 Å². The molecule has 0 saturated carbocycles. The Morgan fingerprint density at radius 2 is 2.00 bits per heavy atom. The van der Waals surface area contributed by atoms with E-state index in [9.17, 15) is 14.0 Å². The van der Waals surface area contributed by atoms with Gasteiger partial charge in [0.25, 0.3) is 0 Å². The SMILES string of the molecule is Cc1ccsc1/C=C1\Oc2c(ccc(OC(=O)c3cccc(F)c3)c2C)C1=O. The molecule has 1 aromatic heterocycles. The van der Waals surface area contributed by atoms with Gasteiger partial charge in [0, 0.05) is 16.5 Å². The van der Waals surface area contributed by atoms with Crippen LogP contribution in [0.3, 0.4) is 0 Å². The minimum absolute atomic E-state index is 0.102. The number of allylic oxidation sites excluding steroid dienone is 1. The predicted molar refractivity (Wildman–Crippen MR) is 105 cm³/mol. The van der Waals surface area contributed by atoms with Gasteiger partial charge in [-0.05, 0) is 61.2 Å². The third-order valence-corrected chi connectivity index (χ3v) is 5.43. The van der Waals surface area contributed by atoms with Crippen LogP contribution in [0.4, 0.5) is 4.39 Å². The highest BCUT2D eigenvalue weighted by atomic mass is 32.1. The highest BCUT2D eigenvalue weighted by Gasteiger charge is 2.30. The molecule has 2 aromatic carbocycles. The highest BCUT2D eigenvalue weighted by Crippen LogP contribution is 2.39. The summed E-state index contributed by atoms with van der Waals surface area (Å²) in [4.78, 5) is 25.9. The van der Waals surface area contributed by atoms with Crippen LogP contribution in [0.1, 0.15) is 36.7 Å². The van der Waals surface area contributed by atoms with E-state index in [0.717, 1.165) is 16.5 Å². The second-order valence-corrected chi connectivity index (χ2v) is 7.32. The lowest BCUT2D eigenvalue weighted by molar-refractivity contribution is 0.0732. The Morgan fingerprint density at radius 3 is 2.71 bits per heavy atom. The van der Waals surface area contributed by atoms with Crippen molar-refractivity contribution in [1.82, 2.24) is 0 Å². The van der Waals surface area contributed by atoms with Crippen LogP contribution >= 0.6 is 11.3 Å². The Labute approximate surface area is 164 Å². The zero-order valence-corrected chi connectivity index (χ0v) is 15.9. The van der Waals surface area contributed by atoms with Gasteiger partial charge in [-0.3, -0.25) is 4.79 Å². The zero-order valence-electron chi connectivity index (χ0n) is 15.1. The summed E-state index contributed by atoms with van der Waals surface area (Å²) in [6.45, 7) is 3.67. The Kier molecular flexibility index (Phi) is 4.57. The Balaban J connectivity index is 1.63. The first-order valence-corrected chi connectivity index (χ1v) is 9.41. The number of carbonyl (C=O) groups excluding carboxylic acids is 2. The second kappa shape index (κ2) is 7.05. The average molecular weight is 394 g/mol. The van der Waals surface area contributed by atoms with Crippen molar-refractivity contribution in [2.75, 3.05) is 0 Å². The summed E-state index contributed by atoms with van der Waals surface area (Å²) in [5.74, 6) is -0.555. The number of thiophene rings is 1. The summed E-state index contributed by atoms with van der Waals surface area (Å²) in [5.41, 5.74) is 2.11. The number of carbonyl (C=O) groups is 2. The highest BCUT2D eigenvalue weighted by molar-refractivity contribution is 7.11. The number of fused-ring (bicyclic) bond motifs is 1. The molecule has 0 aliphatic carbocycles. The molecule has 0 atom stereocenters. The predicted octanol–water partition coefficient (Wildman–Crippen LogP) is 5.34. The van der Waals surface area contributed by atoms with Gasteiger partial charge >= 0.3 is 5.97 Å². The molecular weight excluding hydrogens is 379 g/mol. The number of hydrogen-bond acceptors (Lipinski definition) is 5. The first kappa shape index (κ1) is 18.1. The van der Waals surface area contributed by atoms with Crippen molar-refractivity contribution in [2.24, 2.45) is 0 Å². The van der Waals surface area contributed by atoms with Crippen molar-refractivity contribution in [3.63, 3.8) is 0 Å². The molecule has 0 spiro atoms. The van der Waals surface area contributed by atoms with E-state index in [4.69, 9.17) is 9.47 Å². The molecule has 3 aromatic rings. The van der Waals surface area contributed by atoms with Crippen molar-refractivity contribution < 1.29 is 23.5 Å². The van der Waals surface area contributed by atoms with Gasteiger partial charge in [-0.2, -0.15) is 0 Å². The molecule has 0 fully saturated rings. The monoisotopic (exact) mass is 394 g/mol. The van der Waals surface area contributed by atoms with Gasteiger partial charge in [0.05, 0.1) is 11.1 Å². The lowest BCUT2D eigenvalue weighted by atomic mass is 10.1. The van der Waals surface area contributed by atoms with Crippen LogP contribution in [0.25, 0.3) is 6.08 Å². The molecule has 4 nitrogen and oxygen atoms in total. The van der Waals surface area contributed by atoms with Crippen molar-refractivity contribution in [3.05, 3.63) is 86.6 Å². The topological polar surface area (TPSA) is 52.6 Å². The smallest absolute Gasteiger partial charge is 0.343 e. The molecule has 0 bridgehead atoms. The Morgan fingerprint density at radius 1 is 1.18 bits per heavy atom. The lowest BCUT2D eigenvalue weighted by Gasteiger charge is -2.10. The number of ether oxygens (including phenoxy) is 2. The molecule has 2 heterocycles. The molecule has 4 rings (SSSR count). The first-order chi connectivity index (χ1) is 13.4.